The Morgan fingerprint density at radius 3 is 2.52 bits per heavy atom. The second-order valence-electron chi connectivity index (χ2n) is 5.28. The number of methoxy groups -OCH3 is 1. The van der Waals surface area contributed by atoms with Crippen molar-refractivity contribution in [1.29, 1.82) is 0 Å². The summed E-state index contributed by atoms with van der Waals surface area (Å²) in [5.74, 6) is 0.863. The highest BCUT2D eigenvalue weighted by Gasteiger charge is 2.25. The standard InChI is InChI=1S/C15H25N3O3/c1-21-12-2-3-13(15(20)10-12)14(11-16)18-6-4-17(5-7-18)8-9-19/h2-3,10,14,19-20H,4-9,11,16H2,1H3. The van der Waals surface area contributed by atoms with E-state index in [4.69, 9.17) is 15.6 Å². The van der Waals surface area contributed by atoms with E-state index in [0.29, 0.717) is 12.3 Å². The van der Waals surface area contributed by atoms with Crippen molar-refractivity contribution in [2.45, 2.75) is 6.04 Å². The molecular formula is C15H25N3O3. The number of aromatic hydroxyl groups is 1. The molecule has 1 unspecified atom stereocenters. The van der Waals surface area contributed by atoms with Gasteiger partial charge in [-0.25, -0.2) is 0 Å². The molecule has 1 aromatic rings. The monoisotopic (exact) mass is 295 g/mol. The topological polar surface area (TPSA) is 82.2 Å². The number of rotatable bonds is 6. The number of nitrogens with zero attached hydrogens (tertiary/aromatic N) is 2. The molecule has 4 N–H and O–H groups in total. The summed E-state index contributed by atoms with van der Waals surface area (Å²) in [5, 5.41) is 19.2. The van der Waals surface area contributed by atoms with Gasteiger partial charge in [-0.05, 0) is 6.07 Å². The summed E-state index contributed by atoms with van der Waals surface area (Å²) >= 11 is 0. The second kappa shape index (κ2) is 7.61. The van der Waals surface area contributed by atoms with E-state index in [1.165, 1.54) is 0 Å². The lowest BCUT2D eigenvalue weighted by Crippen LogP contribution is -2.49. The number of aliphatic hydroxyl groups excluding tert-OH is 1. The average Bonchev–Trinajstić information content (AvgIpc) is 2.51. The molecule has 1 aromatic carbocycles. The minimum Gasteiger partial charge on any atom is -0.507 e. The van der Waals surface area contributed by atoms with Crippen LogP contribution in [0.25, 0.3) is 0 Å². The molecule has 1 atom stereocenters. The van der Waals surface area contributed by atoms with E-state index in [1.54, 1.807) is 13.2 Å². The number of aliphatic hydroxyl groups is 1. The smallest absolute Gasteiger partial charge is 0.124 e. The Balaban J connectivity index is 2.06. The van der Waals surface area contributed by atoms with Gasteiger partial charge in [-0.3, -0.25) is 9.80 Å². The molecule has 0 saturated carbocycles. The van der Waals surface area contributed by atoms with Crippen molar-refractivity contribution in [2.24, 2.45) is 5.73 Å². The fourth-order valence-electron chi connectivity index (χ4n) is 2.85. The highest BCUT2D eigenvalue weighted by molar-refractivity contribution is 5.41. The average molecular weight is 295 g/mol. The Morgan fingerprint density at radius 2 is 2.00 bits per heavy atom. The summed E-state index contributed by atoms with van der Waals surface area (Å²) in [6, 6.07) is 5.36. The zero-order valence-electron chi connectivity index (χ0n) is 12.5. The third-order valence-corrected chi connectivity index (χ3v) is 4.08. The summed E-state index contributed by atoms with van der Waals surface area (Å²) in [5.41, 5.74) is 6.77. The molecule has 0 bridgehead atoms. The van der Waals surface area contributed by atoms with Gasteiger partial charge in [0.25, 0.3) is 0 Å². The van der Waals surface area contributed by atoms with Gasteiger partial charge in [0.15, 0.2) is 0 Å². The zero-order chi connectivity index (χ0) is 15.2. The third kappa shape index (κ3) is 3.85. The van der Waals surface area contributed by atoms with E-state index < -0.39 is 0 Å². The van der Waals surface area contributed by atoms with Crippen LogP contribution in [0.2, 0.25) is 0 Å². The number of piperazine rings is 1. The molecular weight excluding hydrogens is 270 g/mol. The maximum atomic E-state index is 10.2. The third-order valence-electron chi connectivity index (χ3n) is 4.08. The Morgan fingerprint density at radius 1 is 1.29 bits per heavy atom. The molecule has 1 heterocycles. The van der Waals surface area contributed by atoms with E-state index >= 15 is 0 Å². The number of phenolic OH excluding ortho intramolecular Hbond substituents is 1. The Bertz CT molecular complexity index is 448. The van der Waals surface area contributed by atoms with Gasteiger partial charge in [-0.2, -0.15) is 0 Å². The molecule has 1 aliphatic heterocycles. The van der Waals surface area contributed by atoms with Crippen LogP contribution in [-0.4, -0.2) is 73.0 Å². The lowest BCUT2D eigenvalue weighted by molar-refractivity contribution is 0.0849. The molecule has 0 aliphatic carbocycles. The van der Waals surface area contributed by atoms with Crippen molar-refractivity contribution >= 4 is 0 Å². The van der Waals surface area contributed by atoms with Crippen LogP contribution in [0.5, 0.6) is 11.5 Å². The lowest BCUT2D eigenvalue weighted by atomic mass is 10.0. The summed E-state index contributed by atoms with van der Waals surface area (Å²) in [6.45, 7) is 4.96. The summed E-state index contributed by atoms with van der Waals surface area (Å²) in [4.78, 5) is 4.52. The first-order valence-corrected chi connectivity index (χ1v) is 7.33. The molecule has 2 rings (SSSR count). The molecule has 0 spiro atoms. The van der Waals surface area contributed by atoms with Gasteiger partial charge in [-0.1, -0.05) is 6.07 Å². The summed E-state index contributed by atoms with van der Waals surface area (Å²) in [7, 11) is 1.58. The zero-order valence-corrected chi connectivity index (χ0v) is 12.5. The minimum atomic E-state index is 0.00665. The van der Waals surface area contributed by atoms with Gasteiger partial charge in [0, 0.05) is 50.9 Å². The van der Waals surface area contributed by atoms with Crippen molar-refractivity contribution in [3.63, 3.8) is 0 Å². The molecule has 1 aliphatic rings. The van der Waals surface area contributed by atoms with Crippen LogP contribution >= 0.6 is 0 Å². The molecule has 21 heavy (non-hydrogen) atoms. The first-order chi connectivity index (χ1) is 10.2. The Hall–Kier alpha value is -1.34. The van der Waals surface area contributed by atoms with Crippen molar-refractivity contribution < 1.29 is 14.9 Å². The van der Waals surface area contributed by atoms with Crippen molar-refractivity contribution in [2.75, 3.05) is 53.0 Å². The van der Waals surface area contributed by atoms with Gasteiger partial charge in [0.2, 0.25) is 0 Å². The van der Waals surface area contributed by atoms with E-state index in [9.17, 15) is 5.11 Å². The van der Waals surface area contributed by atoms with Crippen LogP contribution in [0.3, 0.4) is 0 Å². The van der Waals surface area contributed by atoms with Crippen LogP contribution < -0.4 is 10.5 Å². The molecule has 0 radical (unpaired) electrons. The molecule has 6 nitrogen and oxygen atoms in total. The molecule has 0 aromatic heterocycles. The Labute approximate surface area is 125 Å². The van der Waals surface area contributed by atoms with E-state index in [-0.39, 0.29) is 18.4 Å². The van der Waals surface area contributed by atoms with Gasteiger partial charge in [0.1, 0.15) is 11.5 Å². The molecule has 6 heteroatoms. The first kappa shape index (κ1) is 16.0. The maximum Gasteiger partial charge on any atom is 0.124 e. The van der Waals surface area contributed by atoms with E-state index in [2.05, 4.69) is 9.80 Å². The highest BCUT2D eigenvalue weighted by Crippen LogP contribution is 2.31. The van der Waals surface area contributed by atoms with Crippen LogP contribution in [-0.2, 0) is 0 Å². The SMILES string of the molecule is COc1ccc(C(CN)N2CCN(CCO)CC2)c(O)c1. The van der Waals surface area contributed by atoms with Crippen molar-refractivity contribution in [1.82, 2.24) is 9.80 Å². The van der Waals surface area contributed by atoms with E-state index in [1.807, 2.05) is 12.1 Å². The van der Waals surface area contributed by atoms with Gasteiger partial charge in [0.05, 0.1) is 19.8 Å². The fourth-order valence-corrected chi connectivity index (χ4v) is 2.85. The summed E-state index contributed by atoms with van der Waals surface area (Å²) in [6.07, 6.45) is 0. The van der Waals surface area contributed by atoms with E-state index in [0.717, 1.165) is 38.3 Å². The predicted molar refractivity (Wildman–Crippen MR) is 81.6 cm³/mol. The van der Waals surface area contributed by atoms with Crippen LogP contribution in [0.15, 0.2) is 18.2 Å². The number of benzene rings is 1. The lowest BCUT2D eigenvalue weighted by Gasteiger charge is -2.39. The fraction of sp³-hybridized carbons (Fsp3) is 0.600. The maximum absolute atomic E-state index is 10.2. The number of hydrogen-bond donors (Lipinski definition) is 3. The van der Waals surface area contributed by atoms with Gasteiger partial charge >= 0.3 is 0 Å². The van der Waals surface area contributed by atoms with Crippen molar-refractivity contribution in [3.8, 4) is 11.5 Å². The molecule has 1 fully saturated rings. The van der Waals surface area contributed by atoms with Crippen LogP contribution in [0, 0.1) is 0 Å². The molecule has 1 saturated heterocycles. The Kier molecular flexibility index (Phi) is 5.81. The van der Waals surface area contributed by atoms with Gasteiger partial charge in [-0.15, -0.1) is 0 Å². The number of hydrogen-bond acceptors (Lipinski definition) is 6. The number of ether oxygens (including phenoxy) is 1. The van der Waals surface area contributed by atoms with Crippen molar-refractivity contribution in [3.05, 3.63) is 23.8 Å². The largest absolute Gasteiger partial charge is 0.507 e. The predicted octanol–water partition coefficient (Wildman–Crippen LogP) is 0.0105. The van der Waals surface area contributed by atoms with Crippen LogP contribution in [0.1, 0.15) is 11.6 Å². The highest BCUT2D eigenvalue weighted by atomic mass is 16.5. The normalized spacial score (nSPS) is 18.6. The second-order valence-corrected chi connectivity index (χ2v) is 5.28. The molecule has 0 amide bonds. The summed E-state index contributed by atoms with van der Waals surface area (Å²) < 4.78 is 5.11. The number of nitrogens with two attached hydrogens (primary N) is 1. The van der Waals surface area contributed by atoms with Gasteiger partial charge < -0.3 is 20.7 Å². The number of phenols is 1. The first-order valence-electron chi connectivity index (χ1n) is 7.33. The minimum absolute atomic E-state index is 0.00665. The van der Waals surface area contributed by atoms with Crippen LogP contribution in [0.4, 0.5) is 0 Å². The molecule has 118 valence electrons. The number of β-amino-alcohol motifs (C(OH)–C–C–N with tert-alkyl or cyclic N) is 1. The quantitative estimate of drug-likeness (QED) is 0.686.